The molecule has 2 rings (SSSR count). The Morgan fingerprint density at radius 2 is 2.04 bits per heavy atom. The van der Waals surface area contributed by atoms with Crippen LogP contribution in [0.3, 0.4) is 0 Å². The summed E-state index contributed by atoms with van der Waals surface area (Å²) < 4.78 is 5.33. The van der Waals surface area contributed by atoms with E-state index < -0.39 is 0 Å². The van der Waals surface area contributed by atoms with Gasteiger partial charge in [-0.2, -0.15) is 0 Å². The average molecular weight is 319 g/mol. The molecule has 1 heterocycles. The summed E-state index contributed by atoms with van der Waals surface area (Å²) in [6.07, 6.45) is 0. The molecule has 1 aliphatic rings. The minimum absolute atomic E-state index is 0.182. The third-order valence-corrected chi connectivity index (χ3v) is 4.40. The fourth-order valence-electron chi connectivity index (χ4n) is 3.18. The van der Waals surface area contributed by atoms with Crippen molar-refractivity contribution < 1.29 is 4.74 Å². The zero-order chi connectivity index (χ0) is 17.0. The Kier molecular flexibility index (Phi) is 6.06. The van der Waals surface area contributed by atoms with Gasteiger partial charge < -0.3 is 19.9 Å². The molecule has 0 bridgehead atoms. The molecule has 1 aromatic rings. The van der Waals surface area contributed by atoms with Crippen molar-refractivity contribution >= 4 is 5.69 Å². The third-order valence-electron chi connectivity index (χ3n) is 4.40. The first-order valence-electron chi connectivity index (χ1n) is 8.56. The lowest BCUT2D eigenvalue weighted by Gasteiger charge is -2.37. The SMILES string of the molecule is COCC1CN(c2ccc(C(C)(C)C)cc2CN(C)C)CCN1. The summed E-state index contributed by atoms with van der Waals surface area (Å²) in [7, 11) is 6.05. The highest BCUT2D eigenvalue weighted by molar-refractivity contribution is 5.56. The number of hydrogen-bond donors (Lipinski definition) is 1. The standard InChI is InChI=1S/C19H33N3O/c1-19(2,3)16-7-8-18(15(11-16)12-21(4)5)22-10-9-20-17(13-22)14-23-6/h7-8,11,17,20H,9-10,12-14H2,1-6H3. The predicted octanol–water partition coefficient (Wildman–Crippen LogP) is 2.47. The number of ether oxygens (including phenoxy) is 1. The van der Waals surface area contributed by atoms with Crippen molar-refractivity contribution in [2.24, 2.45) is 0 Å². The molecule has 23 heavy (non-hydrogen) atoms. The predicted molar refractivity (Wildman–Crippen MR) is 98.4 cm³/mol. The van der Waals surface area contributed by atoms with Gasteiger partial charge in [-0.1, -0.05) is 32.9 Å². The van der Waals surface area contributed by atoms with Crippen molar-refractivity contribution in [1.29, 1.82) is 0 Å². The van der Waals surface area contributed by atoms with Crippen LogP contribution in [0.25, 0.3) is 0 Å². The molecule has 0 radical (unpaired) electrons. The van der Waals surface area contributed by atoms with Gasteiger partial charge in [0.2, 0.25) is 0 Å². The Bertz CT molecular complexity index is 506. The Morgan fingerprint density at radius 1 is 1.30 bits per heavy atom. The van der Waals surface area contributed by atoms with Crippen LogP contribution in [0.5, 0.6) is 0 Å². The molecule has 0 aliphatic carbocycles. The molecule has 1 aliphatic heterocycles. The van der Waals surface area contributed by atoms with Crippen molar-refractivity contribution in [2.75, 3.05) is 52.3 Å². The van der Waals surface area contributed by atoms with E-state index in [0.717, 1.165) is 32.8 Å². The van der Waals surface area contributed by atoms with Gasteiger partial charge >= 0.3 is 0 Å². The molecule has 0 aromatic heterocycles. The van der Waals surface area contributed by atoms with Crippen LogP contribution in [0.4, 0.5) is 5.69 Å². The van der Waals surface area contributed by atoms with Gasteiger partial charge in [-0.25, -0.2) is 0 Å². The van der Waals surface area contributed by atoms with Crippen LogP contribution >= 0.6 is 0 Å². The van der Waals surface area contributed by atoms with Crippen LogP contribution in [0.1, 0.15) is 31.9 Å². The average Bonchev–Trinajstić information content (AvgIpc) is 2.46. The van der Waals surface area contributed by atoms with Crippen molar-refractivity contribution in [3.63, 3.8) is 0 Å². The minimum atomic E-state index is 0.182. The minimum Gasteiger partial charge on any atom is -0.383 e. The van der Waals surface area contributed by atoms with Crippen LogP contribution in [0, 0.1) is 0 Å². The molecule has 1 aromatic carbocycles. The van der Waals surface area contributed by atoms with E-state index in [2.05, 4.69) is 68.2 Å². The molecule has 0 saturated carbocycles. The molecule has 0 amide bonds. The summed E-state index contributed by atoms with van der Waals surface area (Å²) in [6.45, 7) is 11.6. The number of nitrogens with one attached hydrogen (secondary N) is 1. The van der Waals surface area contributed by atoms with Gasteiger partial charge in [0.05, 0.1) is 6.61 Å². The van der Waals surface area contributed by atoms with Gasteiger partial charge in [-0.15, -0.1) is 0 Å². The monoisotopic (exact) mass is 319 g/mol. The van der Waals surface area contributed by atoms with E-state index in [0.29, 0.717) is 6.04 Å². The summed E-state index contributed by atoms with van der Waals surface area (Å²) >= 11 is 0. The van der Waals surface area contributed by atoms with Crippen molar-refractivity contribution in [3.8, 4) is 0 Å². The molecular weight excluding hydrogens is 286 g/mol. The highest BCUT2D eigenvalue weighted by atomic mass is 16.5. The lowest BCUT2D eigenvalue weighted by molar-refractivity contribution is 0.163. The number of methoxy groups -OCH3 is 1. The zero-order valence-electron chi connectivity index (χ0n) is 15.6. The number of piperazine rings is 1. The molecule has 1 saturated heterocycles. The van der Waals surface area contributed by atoms with Gasteiger partial charge in [-0.05, 0) is 36.7 Å². The Labute approximate surface area is 141 Å². The second-order valence-corrected chi connectivity index (χ2v) is 7.88. The van der Waals surface area contributed by atoms with Crippen LogP contribution in [0.15, 0.2) is 18.2 Å². The van der Waals surface area contributed by atoms with E-state index in [1.54, 1.807) is 7.11 Å². The first-order chi connectivity index (χ1) is 10.8. The second-order valence-electron chi connectivity index (χ2n) is 7.88. The highest BCUT2D eigenvalue weighted by Gasteiger charge is 2.23. The van der Waals surface area contributed by atoms with Crippen molar-refractivity contribution in [2.45, 2.75) is 38.8 Å². The molecule has 4 nitrogen and oxygen atoms in total. The van der Waals surface area contributed by atoms with E-state index in [1.807, 2.05) is 0 Å². The van der Waals surface area contributed by atoms with Gasteiger partial charge in [0.15, 0.2) is 0 Å². The maximum Gasteiger partial charge on any atom is 0.0633 e. The Morgan fingerprint density at radius 3 is 2.65 bits per heavy atom. The fraction of sp³-hybridized carbons (Fsp3) is 0.684. The Balaban J connectivity index is 2.29. The number of rotatable bonds is 5. The topological polar surface area (TPSA) is 27.7 Å². The van der Waals surface area contributed by atoms with Gasteiger partial charge in [0.25, 0.3) is 0 Å². The van der Waals surface area contributed by atoms with Crippen LogP contribution in [-0.4, -0.2) is 58.4 Å². The zero-order valence-corrected chi connectivity index (χ0v) is 15.6. The summed E-state index contributed by atoms with van der Waals surface area (Å²) in [5, 5.41) is 3.54. The maximum atomic E-state index is 5.33. The third kappa shape index (κ3) is 4.93. The number of nitrogens with zero attached hydrogens (tertiary/aromatic N) is 2. The smallest absolute Gasteiger partial charge is 0.0633 e. The summed E-state index contributed by atoms with van der Waals surface area (Å²) in [4.78, 5) is 4.76. The molecule has 1 unspecified atom stereocenters. The number of hydrogen-bond acceptors (Lipinski definition) is 4. The van der Waals surface area contributed by atoms with E-state index >= 15 is 0 Å². The number of benzene rings is 1. The van der Waals surface area contributed by atoms with Crippen molar-refractivity contribution in [3.05, 3.63) is 29.3 Å². The van der Waals surface area contributed by atoms with Crippen LogP contribution in [-0.2, 0) is 16.7 Å². The van der Waals surface area contributed by atoms with E-state index in [9.17, 15) is 0 Å². The van der Waals surface area contributed by atoms with Crippen LogP contribution in [0.2, 0.25) is 0 Å². The maximum absolute atomic E-state index is 5.33. The first kappa shape index (κ1) is 18.2. The molecule has 0 spiro atoms. The molecule has 1 fully saturated rings. The highest BCUT2D eigenvalue weighted by Crippen LogP contribution is 2.30. The van der Waals surface area contributed by atoms with Crippen molar-refractivity contribution in [1.82, 2.24) is 10.2 Å². The largest absolute Gasteiger partial charge is 0.383 e. The van der Waals surface area contributed by atoms with Gasteiger partial charge in [-0.3, -0.25) is 0 Å². The summed E-state index contributed by atoms with van der Waals surface area (Å²) in [6, 6.07) is 7.40. The van der Waals surface area contributed by atoms with Gasteiger partial charge in [0.1, 0.15) is 0 Å². The molecule has 1 N–H and O–H groups in total. The molecular formula is C19H33N3O. The molecule has 1 atom stereocenters. The lowest BCUT2D eigenvalue weighted by Crippen LogP contribution is -2.52. The summed E-state index contributed by atoms with van der Waals surface area (Å²) in [5.74, 6) is 0. The van der Waals surface area contributed by atoms with Gasteiger partial charge in [0, 0.05) is 45.0 Å². The fourth-order valence-corrected chi connectivity index (χ4v) is 3.18. The lowest BCUT2D eigenvalue weighted by atomic mass is 9.85. The van der Waals surface area contributed by atoms with E-state index in [4.69, 9.17) is 4.74 Å². The summed E-state index contributed by atoms with van der Waals surface area (Å²) in [5.41, 5.74) is 4.37. The second kappa shape index (κ2) is 7.65. The molecule has 130 valence electrons. The van der Waals surface area contributed by atoms with E-state index in [-0.39, 0.29) is 5.41 Å². The molecule has 4 heteroatoms. The number of anilines is 1. The first-order valence-corrected chi connectivity index (χ1v) is 8.56. The Hall–Kier alpha value is -1.10. The van der Waals surface area contributed by atoms with E-state index in [1.165, 1.54) is 16.8 Å². The van der Waals surface area contributed by atoms with Crippen LogP contribution < -0.4 is 10.2 Å². The quantitative estimate of drug-likeness (QED) is 0.902. The normalized spacial score (nSPS) is 19.4.